The average Bonchev–Trinajstić information content (AvgIpc) is 2.91. The highest BCUT2D eigenvalue weighted by atomic mass is 35.5. The van der Waals surface area contributed by atoms with Gasteiger partial charge in [-0.2, -0.15) is 0 Å². The monoisotopic (exact) mass is 319 g/mol. The zero-order chi connectivity index (χ0) is 15.7. The van der Waals surface area contributed by atoms with Gasteiger partial charge in [-0.15, -0.1) is 0 Å². The van der Waals surface area contributed by atoms with Gasteiger partial charge >= 0.3 is 5.97 Å². The maximum atomic E-state index is 10.7. The van der Waals surface area contributed by atoms with Gasteiger partial charge in [-0.3, -0.25) is 4.98 Å². The van der Waals surface area contributed by atoms with Gasteiger partial charge in [0.25, 0.3) is 0 Å². The number of ether oxygens (including phenoxy) is 2. The van der Waals surface area contributed by atoms with Crippen LogP contribution in [0.15, 0.2) is 30.5 Å². The van der Waals surface area contributed by atoms with Crippen molar-refractivity contribution in [3.63, 3.8) is 0 Å². The number of aryl methyl sites for hydroxylation is 1. The third-order valence-electron chi connectivity index (χ3n) is 3.54. The molecule has 2 aromatic rings. The number of rotatable bonds is 4. The molecule has 1 atom stereocenters. The smallest absolute Gasteiger partial charge is 0.341 e. The first-order chi connectivity index (χ1) is 10.6. The topological polar surface area (TPSA) is 68.7 Å². The SMILES string of the molecule is Cc1ncc2c(c1OCC(=O)O)CO[C@H]2c1ccc(Cl)cc1. The van der Waals surface area contributed by atoms with Crippen LogP contribution in [0.3, 0.4) is 0 Å². The summed E-state index contributed by atoms with van der Waals surface area (Å²) in [6.45, 7) is 1.75. The molecular weight excluding hydrogens is 306 g/mol. The number of halogens is 1. The van der Waals surface area contributed by atoms with Crippen molar-refractivity contribution in [3.8, 4) is 5.75 Å². The zero-order valence-corrected chi connectivity index (χ0v) is 12.6. The van der Waals surface area contributed by atoms with E-state index >= 15 is 0 Å². The second-order valence-electron chi connectivity index (χ2n) is 5.03. The number of fused-ring (bicyclic) bond motifs is 1. The molecule has 0 fully saturated rings. The lowest BCUT2D eigenvalue weighted by atomic mass is 10.0. The first kappa shape index (κ1) is 14.8. The number of carbonyl (C=O) groups is 1. The molecule has 0 saturated heterocycles. The Morgan fingerprint density at radius 1 is 1.45 bits per heavy atom. The van der Waals surface area contributed by atoms with E-state index in [0.717, 1.165) is 16.7 Å². The Hall–Kier alpha value is -2.11. The number of pyridine rings is 1. The van der Waals surface area contributed by atoms with Crippen molar-refractivity contribution in [1.29, 1.82) is 0 Å². The van der Waals surface area contributed by atoms with Gasteiger partial charge in [0.15, 0.2) is 6.61 Å². The van der Waals surface area contributed by atoms with E-state index in [2.05, 4.69) is 4.98 Å². The van der Waals surface area contributed by atoms with Crippen LogP contribution < -0.4 is 4.74 Å². The molecule has 1 aromatic heterocycles. The summed E-state index contributed by atoms with van der Waals surface area (Å²) in [6.07, 6.45) is 1.51. The van der Waals surface area contributed by atoms with E-state index in [1.807, 2.05) is 24.3 Å². The summed E-state index contributed by atoms with van der Waals surface area (Å²) in [6, 6.07) is 7.42. The molecule has 0 aliphatic carbocycles. The highest BCUT2D eigenvalue weighted by Gasteiger charge is 2.29. The van der Waals surface area contributed by atoms with Crippen LogP contribution in [0.2, 0.25) is 5.02 Å². The summed E-state index contributed by atoms with van der Waals surface area (Å²) in [4.78, 5) is 15.0. The second-order valence-corrected chi connectivity index (χ2v) is 5.47. The number of hydrogen-bond acceptors (Lipinski definition) is 4. The number of aliphatic carboxylic acids is 1. The molecule has 1 aliphatic rings. The molecule has 114 valence electrons. The lowest BCUT2D eigenvalue weighted by molar-refractivity contribution is -0.139. The number of carboxylic acid groups (broad SMARTS) is 1. The van der Waals surface area contributed by atoms with Crippen LogP contribution in [-0.4, -0.2) is 22.7 Å². The number of aromatic nitrogens is 1. The zero-order valence-electron chi connectivity index (χ0n) is 11.9. The van der Waals surface area contributed by atoms with E-state index in [-0.39, 0.29) is 6.10 Å². The van der Waals surface area contributed by atoms with E-state index in [1.165, 1.54) is 0 Å². The minimum atomic E-state index is -1.02. The Balaban J connectivity index is 1.96. The summed E-state index contributed by atoms with van der Waals surface area (Å²) in [5.74, 6) is -0.526. The number of benzene rings is 1. The van der Waals surface area contributed by atoms with Crippen LogP contribution in [0.4, 0.5) is 0 Å². The predicted octanol–water partition coefficient (Wildman–Crippen LogP) is 3.13. The Morgan fingerprint density at radius 2 is 2.18 bits per heavy atom. The number of carboxylic acids is 1. The van der Waals surface area contributed by atoms with Crippen LogP contribution >= 0.6 is 11.6 Å². The molecule has 2 heterocycles. The van der Waals surface area contributed by atoms with Gasteiger partial charge in [-0.05, 0) is 24.6 Å². The summed E-state index contributed by atoms with van der Waals surface area (Å²) < 4.78 is 11.2. The fraction of sp³-hybridized carbons (Fsp3) is 0.250. The van der Waals surface area contributed by atoms with Gasteiger partial charge in [0, 0.05) is 22.3 Å². The molecule has 6 heteroatoms. The molecular formula is C16H14ClNO4. The van der Waals surface area contributed by atoms with Crippen molar-refractivity contribution in [3.05, 3.63) is 57.9 Å². The molecule has 0 bridgehead atoms. The van der Waals surface area contributed by atoms with Crippen molar-refractivity contribution in [1.82, 2.24) is 4.98 Å². The van der Waals surface area contributed by atoms with Crippen LogP contribution in [0, 0.1) is 6.92 Å². The third kappa shape index (κ3) is 2.77. The molecule has 5 nitrogen and oxygen atoms in total. The maximum Gasteiger partial charge on any atom is 0.341 e. The molecule has 0 unspecified atom stereocenters. The highest BCUT2D eigenvalue weighted by Crippen LogP contribution is 2.40. The number of hydrogen-bond donors (Lipinski definition) is 1. The molecule has 0 spiro atoms. The fourth-order valence-electron chi connectivity index (χ4n) is 2.52. The van der Waals surface area contributed by atoms with Crippen molar-refractivity contribution < 1.29 is 19.4 Å². The Morgan fingerprint density at radius 3 is 2.86 bits per heavy atom. The minimum absolute atomic E-state index is 0.243. The van der Waals surface area contributed by atoms with Crippen molar-refractivity contribution in [2.45, 2.75) is 19.6 Å². The van der Waals surface area contributed by atoms with E-state index in [9.17, 15) is 4.79 Å². The summed E-state index contributed by atoms with van der Waals surface area (Å²) in [5, 5.41) is 9.44. The first-order valence-corrected chi connectivity index (χ1v) is 7.14. The molecule has 0 amide bonds. The molecule has 22 heavy (non-hydrogen) atoms. The maximum absolute atomic E-state index is 10.7. The van der Waals surface area contributed by atoms with Crippen molar-refractivity contribution >= 4 is 17.6 Å². The van der Waals surface area contributed by atoms with E-state index in [0.29, 0.717) is 23.1 Å². The highest BCUT2D eigenvalue weighted by molar-refractivity contribution is 6.30. The van der Waals surface area contributed by atoms with Gasteiger partial charge in [-0.25, -0.2) is 4.79 Å². The van der Waals surface area contributed by atoms with Gasteiger partial charge < -0.3 is 14.6 Å². The Labute approximate surface area is 132 Å². The summed E-state index contributed by atoms with van der Waals surface area (Å²) >= 11 is 5.91. The first-order valence-electron chi connectivity index (χ1n) is 6.76. The van der Waals surface area contributed by atoms with Crippen LogP contribution in [-0.2, 0) is 16.1 Å². The van der Waals surface area contributed by atoms with E-state index in [4.69, 9.17) is 26.2 Å². The predicted molar refractivity (Wildman–Crippen MR) is 80.2 cm³/mol. The van der Waals surface area contributed by atoms with Crippen LogP contribution in [0.5, 0.6) is 5.75 Å². The standard InChI is InChI=1S/C16H14ClNO4/c1-9-15(22-8-14(19)20)13-7-21-16(12(13)6-18-9)10-2-4-11(17)5-3-10/h2-6,16H,7-8H2,1H3,(H,19,20)/t16-/m0/s1. The Bertz CT molecular complexity index is 715. The molecule has 1 aliphatic heterocycles. The van der Waals surface area contributed by atoms with Crippen LogP contribution in [0.25, 0.3) is 0 Å². The lowest BCUT2D eigenvalue weighted by Gasteiger charge is -2.13. The molecule has 1 N–H and O–H groups in total. The molecule has 0 radical (unpaired) electrons. The van der Waals surface area contributed by atoms with Crippen LogP contribution in [0.1, 0.15) is 28.5 Å². The van der Waals surface area contributed by atoms with Crippen molar-refractivity contribution in [2.75, 3.05) is 6.61 Å². The third-order valence-corrected chi connectivity index (χ3v) is 3.79. The van der Waals surface area contributed by atoms with E-state index in [1.54, 1.807) is 13.1 Å². The molecule has 1 aromatic carbocycles. The largest absolute Gasteiger partial charge is 0.480 e. The normalized spacial score (nSPS) is 16.4. The quantitative estimate of drug-likeness (QED) is 0.937. The summed E-state index contributed by atoms with van der Waals surface area (Å²) in [5.41, 5.74) is 3.38. The van der Waals surface area contributed by atoms with E-state index < -0.39 is 12.6 Å². The fourth-order valence-corrected chi connectivity index (χ4v) is 2.65. The van der Waals surface area contributed by atoms with Gasteiger partial charge in [0.05, 0.1) is 12.3 Å². The van der Waals surface area contributed by atoms with Gasteiger partial charge in [-0.1, -0.05) is 23.7 Å². The van der Waals surface area contributed by atoms with Crippen molar-refractivity contribution in [2.24, 2.45) is 0 Å². The Kier molecular flexibility index (Phi) is 4.00. The molecule has 3 rings (SSSR count). The minimum Gasteiger partial charge on any atom is -0.480 e. The number of nitrogens with zero attached hydrogens (tertiary/aromatic N) is 1. The summed E-state index contributed by atoms with van der Waals surface area (Å²) in [7, 11) is 0. The lowest BCUT2D eigenvalue weighted by Crippen LogP contribution is -2.12. The average molecular weight is 320 g/mol. The molecule has 0 saturated carbocycles. The second kappa shape index (κ2) is 5.94. The van der Waals surface area contributed by atoms with Gasteiger partial charge in [0.1, 0.15) is 11.9 Å². The van der Waals surface area contributed by atoms with Gasteiger partial charge in [0.2, 0.25) is 0 Å².